The maximum absolute atomic E-state index is 13.3. The van der Waals surface area contributed by atoms with Crippen LogP contribution in [0.15, 0.2) is 24.3 Å². The summed E-state index contributed by atoms with van der Waals surface area (Å²) in [7, 11) is 1.54. The molecule has 1 aromatic carbocycles. The number of nitrogens with zero attached hydrogens (tertiary/aromatic N) is 4. The van der Waals surface area contributed by atoms with E-state index in [0.717, 1.165) is 31.9 Å². The molecule has 3 rings (SSSR count). The SMILES string of the molecule is COc1cc(F)ccc1N1CCN(c2cc(Cl)nc(N)n2)CC1. The van der Waals surface area contributed by atoms with Crippen LogP contribution in [0.25, 0.3) is 0 Å². The number of rotatable bonds is 3. The van der Waals surface area contributed by atoms with Crippen LogP contribution in [-0.4, -0.2) is 43.3 Å². The quantitative estimate of drug-likeness (QED) is 0.866. The second kappa shape index (κ2) is 6.45. The third kappa shape index (κ3) is 3.39. The van der Waals surface area contributed by atoms with Crippen LogP contribution in [0.2, 0.25) is 5.15 Å². The number of ether oxygens (including phenoxy) is 1. The van der Waals surface area contributed by atoms with Crippen molar-refractivity contribution in [3.05, 3.63) is 35.2 Å². The molecule has 0 saturated carbocycles. The van der Waals surface area contributed by atoms with Crippen molar-refractivity contribution in [1.29, 1.82) is 0 Å². The molecule has 8 heteroatoms. The van der Waals surface area contributed by atoms with Gasteiger partial charge in [0.1, 0.15) is 22.5 Å². The molecule has 0 unspecified atom stereocenters. The van der Waals surface area contributed by atoms with Crippen molar-refractivity contribution in [1.82, 2.24) is 9.97 Å². The maximum Gasteiger partial charge on any atom is 0.223 e. The van der Waals surface area contributed by atoms with E-state index < -0.39 is 0 Å². The molecule has 0 atom stereocenters. The van der Waals surface area contributed by atoms with Gasteiger partial charge in [0, 0.05) is 38.3 Å². The standard InChI is InChI=1S/C15H17ClFN5O/c1-23-12-8-10(17)2-3-11(12)21-4-6-22(7-5-21)14-9-13(16)19-15(18)20-14/h2-3,8-9H,4-7H2,1H3,(H2,18,19,20). The van der Waals surface area contributed by atoms with E-state index in [1.807, 2.05) is 0 Å². The fourth-order valence-corrected chi connectivity index (χ4v) is 2.86. The Morgan fingerprint density at radius 2 is 1.83 bits per heavy atom. The van der Waals surface area contributed by atoms with Gasteiger partial charge in [-0.05, 0) is 12.1 Å². The lowest BCUT2D eigenvalue weighted by Crippen LogP contribution is -2.47. The average Bonchev–Trinajstić information content (AvgIpc) is 2.54. The fraction of sp³-hybridized carbons (Fsp3) is 0.333. The largest absolute Gasteiger partial charge is 0.494 e. The minimum absolute atomic E-state index is 0.162. The summed E-state index contributed by atoms with van der Waals surface area (Å²) in [6, 6.07) is 6.27. The summed E-state index contributed by atoms with van der Waals surface area (Å²) in [5.74, 6) is 1.10. The predicted octanol–water partition coefficient (Wildman–Crippen LogP) is 2.19. The van der Waals surface area contributed by atoms with Crippen LogP contribution in [0.4, 0.5) is 21.8 Å². The highest BCUT2D eigenvalue weighted by Crippen LogP contribution is 2.30. The monoisotopic (exact) mass is 337 g/mol. The first-order valence-electron chi connectivity index (χ1n) is 7.20. The van der Waals surface area contributed by atoms with E-state index in [1.54, 1.807) is 19.2 Å². The van der Waals surface area contributed by atoms with Crippen molar-refractivity contribution in [2.45, 2.75) is 0 Å². The molecule has 2 aromatic rings. The average molecular weight is 338 g/mol. The molecule has 6 nitrogen and oxygen atoms in total. The van der Waals surface area contributed by atoms with Gasteiger partial charge in [-0.1, -0.05) is 11.6 Å². The molecule has 1 aromatic heterocycles. The molecule has 2 N–H and O–H groups in total. The van der Waals surface area contributed by atoms with Crippen molar-refractivity contribution in [3.63, 3.8) is 0 Å². The van der Waals surface area contributed by atoms with E-state index >= 15 is 0 Å². The summed E-state index contributed by atoms with van der Waals surface area (Å²) in [4.78, 5) is 12.3. The van der Waals surface area contributed by atoms with Crippen LogP contribution in [0.5, 0.6) is 5.75 Å². The molecular formula is C15H17ClFN5O. The Balaban J connectivity index is 1.73. The van der Waals surface area contributed by atoms with Gasteiger partial charge in [-0.2, -0.15) is 4.98 Å². The van der Waals surface area contributed by atoms with Gasteiger partial charge >= 0.3 is 0 Å². The molecule has 122 valence electrons. The third-order valence-electron chi connectivity index (χ3n) is 3.78. The fourth-order valence-electron chi connectivity index (χ4n) is 2.67. The molecule has 23 heavy (non-hydrogen) atoms. The summed E-state index contributed by atoms with van der Waals surface area (Å²) in [6.45, 7) is 2.99. The Morgan fingerprint density at radius 1 is 1.13 bits per heavy atom. The summed E-state index contributed by atoms with van der Waals surface area (Å²) >= 11 is 5.93. The molecule has 1 saturated heterocycles. The van der Waals surface area contributed by atoms with Crippen LogP contribution in [0.1, 0.15) is 0 Å². The number of halogens is 2. The molecular weight excluding hydrogens is 321 g/mol. The molecule has 0 spiro atoms. The van der Waals surface area contributed by atoms with Gasteiger partial charge in [0.15, 0.2) is 0 Å². The number of piperazine rings is 1. The summed E-state index contributed by atoms with van der Waals surface area (Å²) in [6.07, 6.45) is 0. The van der Waals surface area contributed by atoms with Crippen LogP contribution < -0.4 is 20.3 Å². The maximum atomic E-state index is 13.3. The first-order valence-corrected chi connectivity index (χ1v) is 7.58. The van der Waals surface area contributed by atoms with E-state index in [0.29, 0.717) is 16.7 Å². The highest BCUT2D eigenvalue weighted by Gasteiger charge is 2.21. The number of nitrogens with two attached hydrogens (primary N) is 1. The number of anilines is 3. The lowest BCUT2D eigenvalue weighted by molar-refractivity contribution is 0.410. The highest BCUT2D eigenvalue weighted by atomic mass is 35.5. The van der Waals surface area contributed by atoms with Crippen molar-refractivity contribution >= 4 is 29.1 Å². The lowest BCUT2D eigenvalue weighted by atomic mass is 10.2. The molecule has 1 fully saturated rings. The topological polar surface area (TPSA) is 67.5 Å². The van der Waals surface area contributed by atoms with Crippen molar-refractivity contribution < 1.29 is 9.13 Å². The lowest BCUT2D eigenvalue weighted by Gasteiger charge is -2.37. The van der Waals surface area contributed by atoms with E-state index in [2.05, 4.69) is 19.8 Å². The molecule has 0 amide bonds. The van der Waals surface area contributed by atoms with E-state index in [-0.39, 0.29) is 11.8 Å². The Morgan fingerprint density at radius 3 is 2.48 bits per heavy atom. The zero-order valence-electron chi connectivity index (χ0n) is 12.7. The Hall–Kier alpha value is -2.28. The predicted molar refractivity (Wildman–Crippen MR) is 88.8 cm³/mol. The van der Waals surface area contributed by atoms with Crippen LogP contribution in [-0.2, 0) is 0 Å². The molecule has 1 aliphatic rings. The number of aromatic nitrogens is 2. The summed E-state index contributed by atoms with van der Waals surface area (Å²) in [5.41, 5.74) is 6.52. The molecule has 0 bridgehead atoms. The second-order valence-corrected chi connectivity index (χ2v) is 5.58. The number of benzene rings is 1. The molecule has 0 aliphatic carbocycles. The Bertz CT molecular complexity index is 686. The van der Waals surface area contributed by atoms with Gasteiger partial charge in [-0.15, -0.1) is 0 Å². The van der Waals surface area contributed by atoms with Gasteiger partial charge in [0.25, 0.3) is 0 Å². The second-order valence-electron chi connectivity index (χ2n) is 5.20. The Labute approximate surface area is 138 Å². The Kier molecular flexibility index (Phi) is 4.38. The minimum atomic E-state index is -0.310. The van der Waals surface area contributed by atoms with Crippen molar-refractivity contribution in [2.75, 3.05) is 48.8 Å². The van der Waals surface area contributed by atoms with Crippen molar-refractivity contribution in [2.24, 2.45) is 0 Å². The van der Waals surface area contributed by atoms with Crippen molar-refractivity contribution in [3.8, 4) is 5.75 Å². The normalized spacial score (nSPS) is 14.9. The van der Waals surface area contributed by atoms with Crippen LogP contribution in [0.3, 0.4) is 0 Å². The molecule has 0 radical (unpaired) electrons. The zero-order valence-corrected chi connectivity index (χ0v) is 13.4. The van der Waals surface area contributed by atoms with E-state index in [1.165, 1.54) is 12.1 Å². The molecule has 2 heterocycles. The summed E-state index contributed by atoms with van der Waals surface area (Å²) in [5, 5.41) is 0.329. The van der Waals surface area contributed by atoms with Gasteiger partial charge in [-0.3, -0.25) is 0 Å². The minimum Gasteiger partial charge on any atom is -0.494 e. The first-order chi connectivity index (χ1) is 11.1. The van der Waals surface area contributed by atoms with Crippen LogP contribution >= 0.6 is 11.6 Å². The number of hydrogen-bond acceptors (Lipinski definition) is 6. The third-order valence-corrected chi connectivity index (χ3v) is 3.98. The summed E-state index contributed by atoms with van der Waals surface area (Å²) < 4.78 is 18.6. The smallest absolute Gasteiger partial charge is 0.223 e. The number of nitrogen functional groups attached to an aromatic ring is 1. The van der Waals surface area contributed by atoms with Gasteiger partial charge in [0.2, 0.25) is 5.95 Å². The molecule has 1 aliphatic heterocycles. The first kappa shape index (κ1) is 15.6. The van der Waals surface area contributed by atoms with E-state index in [9.17, 15) is 4.39 Å². The number of hydrogen-bond donors (Lipinski definition) is 1. The number of methoxy groups -OCH3 is 1. The van der Waals surface area contributed by atoms with Crippen LogP contribution in [0, 0.1) is 5.82 Å². The van der Waals surface area contributed by atoms with Gasteiger partial charge in [0.05, 0.1) is 12.8 Å². The highest BCUT2D eigenvalue weighted by molar-refractivity contribution is 6.29. The van der Waals surface area contributed by atoms with Gasteiger partial charge in [-0.25, -0.2) is 9.37 Å². The van der Waals surface area contributed by atoms with Gasteiger partial charge < -0.3 is 20.3 Å². The zero-order chi connectivity index (χ0) is 16.4. The van der Waals surface area contributed by atoms with E-state index in [4.69, 9.17) is 22.1 Å².